The number of nitrogens with two attached hydrogens (primary N) is 1. The summed E-state index contributed by atoms with van der Waals surface area (Å²) < 4.78 is 10.1. The largest absolute Gasteiger partial charge is 0.466 e. The Morgan fingerprint density at radius 2 is 1.95 bits per heavy atom. The molecule has 0 spiro atoms. The van der Waals surface area contributed by atoms with Crippen molar-refractivity contribution in [1.82, 2.24) is 4.98 Å². The van der Waals surface area contributed by atoms with Crippen molar-refractivity contribution < 1.29 is 19.1 Å². The monoisotopic (exact) mass is 294 g/mol. The molecule has 0 aliphatic carbocycles. The lowest BCUT2D eigenvalue weighted by Crippen LogP contribution is -2.25. The Kier molecular flexibility index (Phi) is 5.84. The van der Waals surface area contributed by atoms with Crippen molar-refractivity contribution in [2.45, 2.75) is 46.3 Å². The van der Waals surface area contributed by atoms with E-state index in [-0.39, 0.29) is 24.6 Å². The van der Waals surface area contributed by atoms with E-state index in [9.17, 15) is 9.59 Å². The SMILES string of the molecule is CCOC(=O)Cc1ccc(C(=O)OC(C)(C)C)nc1CN. The molecule has 0 amide bonds. The van der Waals surface area contributed by atoms with Gasteiger partial charge in [0.1, 0.15) is 11.3 Å². The van der Waals surface area contributed by atoms with E-state index in [4.69, 9.17) is 15.2 Å². The molecule has 0 aromatic carbocycles. The number of carbonyl (C=O) groups excluding carboxylic acids is 2. The van der Waals surface area contributed by atoms with Gasteiger partial charge in [-0.3, -0.25) is 4.79 Å². The molecule has 2 N–H and O–H groups in total. The minimum absolute atomic E-state index is 0.0853. The highest BCUT2D eigenvalue weighted by Crippen LogP contribution is 2.14. The van der Waals surface area contributed by atoms with Gasteiger partial charge in [0.25, 0.3) is 0 Å². The molecule has 0 atom stereocenters. The molecule has 0 unspecified atom stereocenters. The van der Waals surface area contributed by atoms with Crippen LogP contribution in [0.5, 0.6) is 0 Å². The van der Waals surface area contributed by atoms with Crippen LogP contribution in [-0.2, 0) is 27.2 Å². The van der Waals surface area contributed by atoms with E-state index in [0.717, 1.165) is 0 Å². The quantitative estimate of drug-likeness (QED) is 0.829. The molecule has 1 rings (SSSR count). The Balaban J connectivity index is 2.93. The van der Waals surface area contributed by atoms with Crippen molar-refractivity contribution in [2.75, 3.05) is 6.61 Å². The van der Waals surface area contributed by atoms with Crippen LogP contribution in [0.15, 0.2) is 12.1 Å². The summed E-state index contributed by atoms with van der Waals surface area (Å²) >= 11 is 0. The van der Waals surface area contributed by atoms with Crippen LogP contribution in [0.25, 0.3) is 0 Å². The van der Waals surface area contributed by atoms with E-state index in [2.05, 4.69) is 4.98 Å². The maximum Gasteiger partial charge on any atom is 0.357 e. The molecule has 0 aliphatic heterocycles. The van der Waals surface area contributed by atoms with Crippen molar-refractivity contribution in [3.63, 3.8) is 0 Å². The van der Waals surface area contributed by atoms with Crippen LogP contribution < -0.4 is 5.73 Å². The van der Waals surface area contributed by atoms with Crippen LogP contribution >= 0.6 is 0 Å². The number of esters is 2. The third-order valence-corrected chi connectivity index (χ3v) is 2.51. The Hall–Kier alpha value is -1.95. The van der Waals surface area contributed by atoms with E-state index in [1.54, 1.807) is 33.8 Å². The fourth-order valence-electron chi connectivity index (χ4n) is 1.68. The number of aromatic nitrogens is 1. The third-order valence-electron chi connectivity index (χ3n) is 2.51. The second kappa shape index (κ2) is 7.17. The number of rotatable bonds is 5. The minimum Gasteiger partial charge on any atom is -0.466 e. The number of nitrogens with zero attached hydrogens (tertiary/aromatic N) is 1. The first-order valence-electron chi connectivity index (χ1n) is 6.84. The van der Waals surface area contributed by atoms with Gasteiger partial charge in [-0.15, -0.1) is 0 Å². The highest BCUT2D eigenvalue weighted by Gasteiger charge is 2.20. The summed E-state index contributed by atoms with van der Waals surface area (Å²) in [6.45, 7) is 7.54. The van der Waals surface area contributed by atoms with Gasteiger partial charge in [-0.05, 0) is 39.3 Å². The Bertz CT molecular complexity index is 521. The number of pyridine rings is 1. The maximum absolute atomic E-state index is 11.9. The molecule has 0 radical (unpaired) electrons. The molecule has 0 saturated carbocycles. The molecule has 1 aromatic heterocycles. The van der Waals surface area contributed by atoms with E-state index in [0.29, 0.717) is 17.9 Å². The summed E-state index contributed by atoms with van der Waals surface area (Å²) in [6, 6.07) is 3.19. The zero-order valence-electron chi connectivity index (χ0n) is 12.9. The van der Waals surface area contributed by atoms with Crippen molar-refractivity contribution in [2.24, 2.45) is 5.73 Å². The zero-order chi connectivity index (χ0) is 16.0. The third kappa shape index (κ3) is 5.51. The van der Waals surface area contributed by atoms with E-state index < -0.39 is 11.6 Å². The summed E-state index contributed by atoms with van der Waals surface area (Å²) in [5.41, 5.74) is 6.36. The van der Waals surface area contributed by atoms with Crippen LogP contribution in [0.4, 0.5) is 0 Å². The van der Waals surface area contributed by atoms with Gasteiger partial charge in [0.2, 0.25) is 0 Å². The van der Waals surface area contributed by atoms with Crippen LogP contribution in [0.3, 0.4) is 0 Å². The number of hydrogen-bond donors (Lipinski definition) is 1. The van der Waals surface area contributed by atoms with E-state index >= 15 is 0 Å². The molecule has 6 heteroatoms. The fourth-order valence-corrected chi connectivity index (χ4v) is 1.68. The highest BCUT2D eigenvalue weighted by atomic mass is 16.6. The van der Waals surface area contributed by atoms with Crippen LogP contribution in [0.2, 0.25) is 0 Å². The van der Waals surface area contributed by atoms with Crippen molar-refractivity contribution >= 4 is 11.9 Å². The van der Waals surface area contributed by atoms with Crippen molar-refractivity contribution in [3.8, 4) is 0 Å². The molecule has 0 aliphatic rings. The molecular weight excluding hydrogens is 272 g/mol. The average Bonchev–Trinajstić information content (AvgIpc) is 2.37. The van der Waals surface area contributed by atoms with Gasteiger partial charge < -0.3 is 15.2 Å². The van der Waals surface area contributed by atoms with E-state index in [1.807, 2.05) is 0 Å². The molecule has 0 fully saturated rings. The topological polar surface area (TPSA) is 91.5 Å². The molecule has 1 heterocycles. The van der Waals surface area contributed by atoms with E-state index in [1.165, 1.54) is 6.07 Å². The summed E-state index contributed by atoms with van der Waals surface area (Å²) in [4.78, 5) is 27.6. The van der Waals surface area contributed by atoms with Crippen LogP contribution in [0.1, 0.15) is 49.4 Å². The minimum atomic E-state index is -0.592. The Labute approximate surface area is 124 Å². The van der Waals surface area contributed by atoms with Gasteiger partial charge in [0, 0.05) is 6.54 Å². The summed E-state index contributed by atoms with van der Waals surface area (Å²) in [5.74, 6) is -0.862. The second-order valence-corrected chi connectivity index (χ2v) is 5.49. The first-order valence-corrected chi connectivity index (χ1v) is 6.84. The zero-order valence-corrected chi connectivity index (χ0v) is 12.9. The molecule has 0 bridgehead atoms. The Morgan fingerprint density at radius 1 is 1.29 bits per heavy atom. The fraction of sp³-hybridized carbons (Fsp3) is 0.533. The normalized spacial score (nSPS) is 11.1. The molecule has 116 valence electrons. The number of carbonyl (C=O) groups is 2. The average molecular weight is 294 g/mol. The van der Waals surface area contributed by atoms with Crippen LogP contribution in [-0.4, -0.2) is 29.1 Å². The molecule has 6 nitrogen and oxygen atoms in total. The van der Waals surface area contributed by atoms with Gasteiger partial charge in [0.05, 0.1) is 18.7 Å². The predicted octanol–water partition coefficient (Wildman–Crippen LogP) is 1.60. The van der Waals surface area contributed by atoms with Crippen molar-refractivity contribution in [3.05, 3.63) is 29.1 Å². The second-order valence-electron chi connectivity index (χ2n) is 5.49. The number of ether oxygens (including phenoxy) is 2. The molecule has 1 aromatic rings. The van der Waals surface area contributed by atoms with Gasteiger partial charge >= 0.3 is 11.9 Å². The van der Waals surface area contributed by atoms with Gasteiger partial charge in [-0.25, -0.2) is 9.78 Å². The lowest BCUT2D eigenvalue weighted by molar-refractivity contribution is -0.142. The number of hydrogen-bond acceptors (Lipinski definition) is 6. The first-order chi connectivity index (χ1) is 9.76. The molecule has 0 saturated heterocycles. The van der Waals surface area contributed by atoms with Gasteiger partial charge in [-0.2, -0.15) is 0 Å². The molecule has 21 heavy (non-hydrogen) atoms. The smallest absolute Gasteiger partial charge is 0.357 e. The summed E-state index contributed by atoms with van der Waals surface area (Å²) in [5, 5.41) is 0. The Morgan fingerprint density at radius 3 is 2.48 bits per heavy atom. The molecular formula is C15H22N2O4. The maximum atomic E-state index is 11.9. The first kappa shape index (κ1) is 17.1. The predicted molar refractivity (Wildman–Crippen MR) is 77.6 cm³/mol. The van der Waals surface area contributed by atoms with Gasteiger partial charge in [-0.1, -0.05) is 6.07 Å². The van der Waals surface area contributed by atoms with Crippen LogP contribution in [0, 0.1) is 0 Å². The summed E-state index contributed by atoms with van der Waals surface area (Å²) in [6.07, 6.45) is 0.0853. The summed E-state index contributed by atoms with van der Waals surface area (Å²) in [7, 11) is 0. The lowest BCUT2D eigenvalue weighted by atomic mass is 10.1. The van der Waals surface area contributed by atoms with Gasteiger partial charge in [0.15, 0.2) is 0 Å². The highest BCUT2D eigenvalue weighted by molar-refractivity contribution is 5.87. The van der Waals surface area contributed by atoms with Crippen molar-refractivity contribution in [1.29, 1.82) is 0 Å². The standard InChI is InChI=1S/C15H22N2O4/c1-5-20-13(18)8-10-6-7-11(17-12(10)9-16)14(19)21-15(2,3)4/h6-7H,5,8-9,16H2,1-4H3. The lowest BCUT2D eigenvalue weighted by Gasteiger charge is -2.19.